The summed E-state index contributed by atoms with van der Waals surface area (Å²) in [7, 11) is 0. The Labute approximate surface area is 113 Å². The molecule has 1 aromatic heterocycles. The maximum absolute atomic E-state index is 5.88. The van der Waals surface area contributed by atoms with E-state index in [0.717, 1.165) is 12.1 Å². The van der Waals surface area contributed by atoms with E-state index in [1.54, 1.807) is 0 Å². The second-order valence-electron chi connectivity index (χ2n) is 4.73. The van der Waals surface area contributed by atoms with E-state index in [0.29, 0.717) is 24.3 Å². The van der Waals surface area contributed by atoms with E-state index in [1.807, 2.05) is 23.9 Å². The summed E-state index contributed by atoms with van der Waals surface area (Å²) < 4.78 is 2.00. The van der Waals surface area contributed by atoms with Crippen molar-refractivity contribution in [3.8, 4) is 0 Å². The van der Waals surface area contributed by atoms with Gasteiger partial charge in [-0.15, -0.1) is 23.2 Å². The van der Waals surface area contributed by atoms with Crippen LogP contribution in [0.5, 0.6) is 0 Å². The molecular weight excluding hydrogens is 257 g/mol. The molecule has 3 nitrogen and oxygen atoms in total. The smallest absolute Gasteiger partial charge is 0.0762 e. The zero-order valence-corrected chi connectivity index (χ0v) is 12.2. The van der Waals surface area contributed by atoms with Crippen molar-refractivity contribution < 1.29 is 0 Å². The van der Waals surface area contributed by atoms with Crippen LogP contribution in [0.25, 0.3) is 0 Å². The van der Waals surface area contributed by atoms with Gasteiger partial charge in [-0.05, 0) is 26.3 Å². The minimum atomic E-state index is -0.233. The number of rotatable bonds is 7. The molecule has 0 saturated heterocycles. The highest BCUT2D eigenvalue weighted by atomic mass is 35.5. The fraction of sp³-hybridized carbons (Fsp3) is 0.750. The molecule has 1 atom stereocenters. The van der Waals surface area contributed by atoms with E-state index in [4.69, 9.17) is 23.2 Å². The Hall–Kier alpha value is -0.250. The van der Waals surface area contributed by atoms with Gasteiger partial charge in [0.2, 0.25) is 0 Å². The van der Waals surface area contributed by atoms with Crippen LogP contribution in [0.2, 0.25) is 0 Å². The van der Waals surface area contributed by atoms with Crippen molar-refractivity contribution in [2.45, 2.75) is 45.3 Å². The Morgan fingerprint density at radius 3 is 2.65 bits per heavy atom. The molecular formula is C12H21Cl2N3. The van der Waals surface area contributed by atoms with Gasteiger partial charge in [-0.25, -0.2) is 0 Å². The van der Waals surface area contributed by atoms with E-state index < -0.39 is 0 Å². The van der Waals surface area contributed by atoms with E-state index in [2.05, 4.69) is 24.3 Å². The first-order valence-corrected chi connectivity index (χ1v) is 7.02. The molecule has 0 amide bonds. The summed E-state index contributed by atoms with van der Waals surface area (Å²) in [6.45, 7) is 7.02. The molecule has 1 N–H and O–H groups in total. The van der Waals surface area contributed by atoms with Crippen molar-refractivity contribution >= 4 is 23.2 Å². The van der Waals surface area contributed by atoms with Crippen LogP contribution >= 0.6 is 23.2 Å². The lowest BCUT2D eigenvalue weighted by Gasteiger charge is -2.25. The van der Waals surface area contributed by atoms with Crippen LogP contribution in [0.1, 0.15) is 38.9 Å². The van der Waals surface area contributed by atoms with Crippen LogP contribution in [0.3, 0.4) is 0 Å². The summed E-state index contributed by atoms with van der Waals surface area (Å²) in [6.07, 6.45) is 3.10. The van der Waals surface area contributed by atoms with Crippen LogP contribution in [0.4, 0.5) is 0 Å². The molecule has 1 rings (SSSR count). The topological polar surface area (TPSA) is 29.9 Å². The lowest BCUT2D eigenvalue weighted by atomic mass is 10.1. The fourth-order valence-electron chi connectivity index (χ4n) is 1.34. The largest absolute Gasteiger partial charge is 0.304 e. The molecule has 0 aliphatic carbocycles. The van der Waals surface area contributed by atoms with Crippen molar-refractivity contribution in [2.24, 2.45) is 0 Å². The summed E-state index contributed by atoms with van der Waals surface area (Å²) in [4.78, 5) is 0. The molecule has 1 aromatic rings. The molecule has 0 aliphatic rings. The van der Waals surface area contributed by atoms with Crippen LogP contribution < -0.4 is 5.32 Å². The number of nitrogens with one attached hydrogen (secondary N) is 1. The molecule has 0 bridgehead atoms. The maximum Gasteiger partial charge on any atom is 0.0762 e. The molecule has 0 aliphatic heterocycles. The molecule has 98 valence electrons. The van der Waals surface area contributed by atoms with Crippen molar-refractivity contribution in [3.63, 3.8) is 0 Å². The van der Waals surface area contributed by atoms with Crippen LogP contribution in [-0.4, -0.2) is 27.1 Å². The zero-order valence-electron chi connectivity index (χ0n) is 10.7. The predicted molar refractivity (Wildman–Crippen MR) is 73.9 cm³/mol. The van der Waals surface area contributed by atoms with Gasteiger partial charge in [-0.1, -0.05) is 6.92 Å². The fourth-order valence-corrected chi connectivity index (χ4v) is 1.81. The second-order valence-corrected chi connectivity index (χ2v) is 5.26. The highest BCUT2D eigenvalue weighted by Crippen LogP contribution is 2.12. The van der Waals surface area contributed by atoms with Gasteiger partial charge in [0, 0.05) is 36.1 Å². The summed E-state index contributed by atoms with van der Waals surface area (Å²) in [5.74, 6) is 0.977. The Morgan fingerprint density at radius 2 is 2.12 bits per heavy atom. The third kappa shape index (κ3) is 4.16. The van der Waals surface area contributed by atoms with E-state index in [1.165, 1.54) is 0 Å². The second kappa shape index (κ2) is 6.62. The van der Waals surface area contributed by atoms with Crippen molar-refractivity contribution in [2.75, 3.05) is 11.8 Å². The summed E-state index contributed by atoms with van der Waals surface area (Å²) >= 11 is 11.8. The van der Waals surface area contributed by atoms with Gasteiger partial charge < -0.3 is 5.32 Å². The van der Waals surface area contributed by atoms with E-state index in [-0.39, 0.29) is 5.54 Å². The average molecular weight is 278 g/mol. The van der Waals surface area contributed by atoms with Gasteiger partial charge in [-0.3, -0.25) is 4.68 Å². The number of alkyl halides is 2. The van der Waals surface area contributed by atoms with Gasteiger partial charge in [-0.2, -0.15) is 5.10 Å². The molecule has 17 heavy (non-hydrogen) atoms. The molecule has 0 saturated carbocycles. The standard InChI is InChI=1S/C12H21Cl2N3/c1-4-10(2)17-6-5-11(16-17)7-15-12(3,8-13)9-14/h5-6,10,15H,4,7-9H2,1-3H3. The maximum atomic E-state index is 5.88. The number of aromatic nitrogens is 2. The molecule has 0 fully saturated rings. The minimum Gasteiger partial charge on any atom is -0.304 e. The quantitative estimate of drug-likeness (QED) is 0.776. The number of hydrogen-bond acceptors (Lipinski definition) is 2. The number of halogens is 2. The first-order valence-electron chi connectivity index (χ1n) is 5.95. The van der Waals surface area contributed by atoms with Crippen molar-refractivity contribution in [3.05, 3.63) is 18.0 Å². The van der Waals surface area contributed by atoms with Gasteiger partial charge >= 0.3 is 0 Å². The first kappa shape index (κ1) is 14.8. The summed E-state index contributed by atoms with van der Waals surface area (Å²) in [5, 5.41) is 7.86. The SMILES string of the molecule is CCC(C)n1ccc(CNC(C)(CCl)CCl)n1. The van der Waals surface area contributed by atoms with Gasteiger partial charge in [0.1, 0.15) is 0 Å². The Balaban J connectivity index is 2.55. The minimum absolute atomic E-state index is 0.233. The highest BCUT2D eigenvalue weighted by Gasteiger charge is 2.21. The Kier molecular flexibility index (Phi) is 5.77. The van der Waals surface area contributed by atoms with E-state index in [9.17, 15) is 0 Å². The average Bonchev–Trinajstić information content (AvgIpc) is 2.84. The van der Waals surface area contributed by atoms with Gasteiger partial charge in [0.25, 0.3) is 0 Å². The van der Waals surface area contributed by atoms with Crippen molar-refractivity contribution in [1.82, 2.24) is 15.1 Å². The third-order valence-electron chi connectivity index (χ3n) is 2.99. The predicted octanol–water partition coefficient (Wildman–Crippen LogP) is 3.18. The Bertz CT molecular complexity index is 334. The first-order chi connectivity index (χ1) is 8.04. The number of hydrogen-bond donors (Lipinski definition) is 1. The highest BCUT2D eigenvalue weighted by molar-refractivity contribution is 6.22. The lowest BCUT2D eigenvalue weighted by Crippen LogP contribution is -2.45. The van der Waals surface area contributed by atoms with Crippen molar-refractivity contribution in [1.29, 1.82) is 0 Å². The molecule has 0 spiro atoms. The zero-order chi connectivity index (χ0) is 12.9. The molecule has 5 heteroatoms. The molecule has 1 heterocycles. The third-order valence-corrected chi connectivity index (χ3v) is 4.17. The van der Waals surface area contributed by atoms with Crippen LogP contribution in [-0.2, 0) is 6.54 Å². The van der Waals surface area contributed by atoms with Crippen LogP contribution in [0.15, 0.2) is 12.3 Å². The normalized spacial score (nSPS) is 13.9. The molecule has 0 aromatic carbocycles. The lowest BCUT2D eigenvalue weighted by molar-refractivity contribution is 0.423. The number of nitrogens with zero attached hydrogens (tertiary/aromatic N) is 2. The summed E-state index contributed by atoms with van der Waals surface area (Å²) in [5.41, 5.74) is 0.787. The van der Waals surface area contributed by atoms with E-state index >= 15 is 0 Å². The van der Waals surface area contributed by atoms with Crippen LogP contribution in [0, 0.1) is 0 Å². The van der Waals surface area contributed by atoms with Gasteiger partial charge in [0.05, 0.1) is 5.69 Å². The Morgan fingerprint density at radius 1 is 1.47 bits per heavy atom. The molecule has 0 radical (unpaired) electrons. The molecule has 1 unspecified atom stereocenters. The van der Waals surface area contributed by atoms with Gasteiger partial charge in [0.15, 0.2) is 0 Å². The summed E-state index contributed by atoms with van der Waals surface area (Å²) in [6, 6.07) is 2.47. The monoisotopic (exact) mass is 277 g/mol.